The molecule has 6 nitrogen and oxygen atoms in total. The number of nitrogens with one attached hydrogen (secondary N) is 1. The summed E-state index contributed by atoms with van der Waals surface area (Å²) in [5.41, 5.74) is 7.81. The fourth-order valence-corrected chi connectivity index (χ4v) is 3.32. The first-order valence-corrected chi connectivity index (χ1v) is 7.64. The van der Waals surface area contributed by atoms with Crippen molar-refractivity contribution in [2.45, 2.75) is 25.3 Å². The van der Waals surface area contributed by atoms with Crippen LogP contribution in [0.5, 0.6) is 0 Å². The Labute approximate surface area is 118 Å². The zero-order valence-electron chi connectivity index (χ0n) is 11.7. The monoisotopic (exact) mass is 294 g/mol. The van der Waals surface area contributed by atoms with Gasteiger partial charge in [-0.15, -0.1) is 0 Å². The second-order valence-electron chi connectivity index (χ2n) is 4.76. The Kier molecular flexibility index (Phi) is 3.82. The standard InChI is InChI=1S/C13H18N4O2S/c1-9-4-5-10(2)12(6-9)20(18,19)16-13-11(7-14)8-17(3)15-13/h4-6,8H,7,14H2,1-3H3,(H,15,16). The molecule has 0 aliphatic heterocycles. The molecule has 1 aromatic carbocycles. The van der Waals surface area contributed by atoms with Crippen LogP contribution >= 0.6 is 0 Å². The molecule has 108 valence electrons. The third-order valence-corrected chi connectivity index (χ3v) is 4.47. The zero-order chi connectivity index (χ0) is 14.9. The van der Waals surface area contributed by atoms with Crippen LogP contribution in [0.15, 0.2) is 29.3 Å². The summed E-state index contributed by atoms with van der Waals surface area (Å²) in [6, 6.07) is 5.30. The van der Waals surface area contributed by atoms with E-state index in [1.165, 1.54) is 4.68 Å². The summed E-state index contributed by atoms with van der Waals surface area (Å²) < 4.78 is 28.9. The number of anilines is 1. The summed E-state index contributed by atoms with van der Waals surface area (Å²) in [4.78, 5) is 0.256. The Morgan fingerprint density at radius 2 is 2.05 bits per heavy atom. The summed E-state index contributed by atoms with van der Waals surface area (Å²) in [5.74, 6) is 0.274. The second kappa shape index (κ2) is 5.26. The molecule has 0 atom stereocenters. The van der Waals surface area contributed by atoms with E-state index in [4.69, 9.17) is 5.73 Å². The van der Waals surface area contributed by atoms with Crippen LogP contribution in [0.3, 0.4) is 0 Å². The van der Waals surface area contributed by atoms with E-state index in [9.17, 15) is 8.42 Å². The Hall–Kier alpha value is -1.86. The molecule has 0 aliphatic rings. The quantitative estimate of drug-likeness (QED) is 0.889. The highest BCUT2D eigenvalue weighted by atomic mass is 32.2. The van der Waals surface area contributed by atoms with Crippen LogP contribution in [-0.4, -0.2) is 18.2 Å². The predicted molar refractivity (Wildman–Crippen MR) is 77.8 cm³/mol. The van der Waals surface area contributed by atoms with Crippen LogP contribution < -0.4 is 10.5 Å². The third kappa shape index (κ3) is 2.83. The van der Waals surface area contributed by atoms with Gasteiger partial charge in [-0.2, -0.15) is 5.10 Å². The molecule has 0 radical (unpaired) electrons. The minimum absolute atomic E-state index is 0.221. The summed E-state index contributed by atoms with van der Waals surface area (Å²) in [6.07, 6.45) is 1.70. The van der Waals surface area contributed by atoms with Gasteiger partial charge in [0.25, 0.3) is 10.0 Å². The van der Waals surface area contributed by atoms with Crippen LogP contribution in [0, 0.1) is 13.8 Å². The van der Waals surface area contributed by atoms with Crippen molar-refractivity contribution in [1.82, 2.24) is 9.78 Å². The maximum Gasteiger partial charge on any atom is 0.263 e. The SMILES string of the molecule is Cc1ccc(C)c(S(=O)(=O)Nc2nn(C)cc2CN)c1. The number of hydrogen-bond acceptors (Lipinski definition) is 4. The molecule has 2 aromatic rings. The van der Waals surface area contributed by atoms with E-state index >= 15 is 0 Å². The molecule has 0 saturated carbocycles. The van der Waals surface area contributed by atoms with Gasteiger partial charge in [-0.25, -0.2) is 8.42 Å². The number of aryl methyl sites for hydroxylation is 3. The maximum atomic E-state index is 12.5. The van der Waals surface area contributed by atoms with Gasteiger partial charge in [0.05, 0.1) is 4.90 Å². The van der Waals surface area contributed by atoms with Gasteiger partial charge >= 0.3 is 0 Å². The Morgan fingerprint density at radius 1 is 1.35 bits per heavy atom. The predicted octanol–water partition coefficient (Wildman–Crippen LogP) is 1.30. The fourth-order valence-electron chi connectivity index (χ4n) is 1.95. The number of benzene rings is 1. The number of hydrogen-bond donors (Lipinski definition) is 2. The molecule has 20 heavy (non-hydrogen) atoms. The number of nitrogens with two attached hydrogens (primary N) is 1. The molecule has 0 aliphatic carbocycles. The van der Waals surface area contributed by atoms with Crippen molar-refractivity contribution in [1.29, 1.82) is 0 Å². The number of rotatable bonds is 4. The van der Waals surface area contributed by atoms with Crippen LogP contribution in [-0.2, 0) is 23.6 Å². The highest BCUT2D eigenvalue weighted by Gasteiger charge is 2.20. The summed E-state index contributed by atoms with van der Waals surface area (Å²) in [5, 5.41) is 4.09. The third-order valence-electron chi connectivity index (χ3n) is 2.99. The number of aromatic nitrogens is 2. The van der Waals surface area contributed by atoms with E-state index in [0.717, 1.165) is 5.56 Å². The molecule has 0 saturated heterocycles. The van der Waals surface area contributed by atoms with Crippen molar-refractivity contribution in [2.75, 3.05) is 4.72 Å². The molecule has 0 unspecified atom stereocenters. The highest BCUT2D eigenvalue weighted by Crippen LogP contribution is 2.21. The topological polar surface area (TPSA) is 90.0 Å². The average Bonchev–Trinajstić information content (AvgIpc) is 2.71. The lowest BCUT2D eigenvalue weighted by atomic mass is 10.2. The first-order chi connectivity index (χ1) is 9.33. The van der Waals surface area contributed by atoms with E-state index in [0.29, 0.717) is 11.1 Å². The lowest BCUT2D eigenvalue weighted by molar-refractivity contribution is 0.600. The average molecular weight is 294 g/mol. The van der Waals surface area contributed by atoms with Crippen LogP contribution in [0.2, 0.25) is 0 Å². The fraction of sp³-hybridized carbons (Fsp3) is 0.308. The van der Waals surface area contributed by atoms with E-state index in [-0.39, 0.29) is 17.3 Å². The molecule has 0 fully saturated rings. The molecule has 0 bridgehead atoms. The van der Waals surface area contributed by atoms with Gasteiger partial charge in [-0.3, -0.25) is 9.40 Å². The molecular formula is C13H18N4O2S. The molecular weight excluding hydrogens is 276 g/mol. The first-order valence-electron chi connectivity index (χ1n) is 6.16. The molecule has 7 heteroatoms. The van der Waals surface area contributed by atoms with E-state index < -0.39 is 10.0 Å². The smallest absolute Gasteiger partial charge is 0.263 e. The van der Waals surface area contributed by atoms with Gasteiger partial charge in [-0.05, 0) is 31.0 Å². The minimum Gasteiger partial charge on any atom is -0.326 e. The largest absolute Gasteiger partial charge is 0.326 e. The Bertz CT molecular complexity index is 735. The Morgan fingerprint density at radius 3 is 2.70 bits per heavy atom. The van der Waals surface area contributed by atoms with Crippen LogP contribution in [0.1, 0.15) is 16.7 Å². The van der Waals surface area contributed by atoms with E-state index in [1.54, 1.807) is 32.3 Å². The normalized spacial score (nSPS) is 11.6. The molecule has 0 spiro atoms. The second-order valence-corrected chi connectivity index (χ2v) is 6.41. The summed E-state index contributed by atoms with van der Waals surface area (Å²) >= 11 is 0. The molecule has 1 aromatic heterocycles. The van der Waals surface area contributed by atoms with Crippen molar-refractivity contribution < 1.29 is 8.42 Å². The summed E-state index contributed by atoms with van der Waals surface area (Å²) in [7, 11) is -1.95. The van der Waals surface area contributed by atoms with Gasteiger partial charge in [0.1, 0.15) is 0 Å². The van der Waals surface area contributed by atoms with Gasteiger partial charge in [0.2, 0.25) is 0 Å². The van der Waals surface area contributed by atoms with E-state index in [1.807, 2.05) is 13.0 Å². The first kappa shape index (κ1) is 14.5. The van der Waals surface area contributed by atoms with E-state index in [2.05, 4.69) is 9.82 Å². The van der Waals surface area contributed by atoms with Crippen LogP contribution in [0.25, 0.3) is 0 Å². The minimum atomic E-state index is -3.67. The number of nitrogens with zero attached hydrogens (tertiary/aromatic N) is 2. The highest BCUT2D eigenvalue weighted by molar-refractivity contribution is 7.92. The van der Waals surface area contributed by atoms with Crippen LogP contribution in [0.4, 0.5) is 5.82 Å². The summed E-state index contributed by atoms with van der Waals surface area (Å²) in [6.45, 7) is 3.83. The Balaban J connectivity index is 2.43. The van der Waals surface area contributed by atoms with Crippen molar-refractivity contribution in [3.05, 3.63) is 41.1 Å². The lowest BCUT2D eigenvalue weighted by Crippen LogP contribution is -2.16. The molecule has 3 N–H and O–H groups in total. The van der Waals surface area contributed by atoms with Crippen molar-refractivity contribution in [3.8, 4) is 0 Å². The molecule has 2 rings (SSSR count). The van der Waals surface area contributed by atoms with Gasteiger partial charge in [0, 0.05) is 25.4 Å². The molecule has 0 amide bonds. The van der Waals surface area contributed by atoms with Gasteiger partial charge < -0.3 is 5.73 Å². The lowest BCUT2D eigenvalue weighted by Gasteiger charge is -2.10. The maximum absolute atomic E-state index is 12.5. The van der Waals surface area contributed by atoms with Crippen molar-refractivity contribution >= 4 is 15.8 Å². The zero-order valence-corrected chi connectivity index (χ0v) is 12.5. The van der Waals surface area contributed by atoms with Gasteiger partial charge in [0.15, 0.2) is 5.82 Å². The van der Waals surface area contributed by atoms with Gasteiger partial charge in [-0.1, -0.05) is 12.1 Å². The van der Waals surface area contributed by atoms with Crippen molar-refractivity contribution in [2.24, 2.45) is 12.8 Å². The molecule has 1 heterocycles. The number of sulfonamides is 1. The van der Waals surface area contributed by atoms with Crippen molar-refractivity contribution in [3.63, 3.8) is 0 Å².